The maximum atomic E-state index is 12.3. The minimum atomic E-state index is -3.57. The Morgan fingerprint density at radius 2 is 2.05 bits per heavy atom. The molecule has 0 bridgehead atoms. The van der Waals surface area contributed by atoms with Crippen LogP contribution in [0.5, 0.6) is 0 Å². The Kier molecular flexibility index (Phi) is 6.47. The predicted molar refractivity (Wildman–Crippen MR) is 73.3 cm³/mol. The van der Waals surface area contributed by atoms with Gasteiger partial charge >= 0.3 is 0 Å². The first-order chi connectivity index (χ1) is 9.02. The molecule has 0 aromatic carbocycles. The molecule has 2 N–H and O–H groups in total. The van der Waals surface area contributed by atoms with E-state index in [0.717, 1.165) is 25.7 Å². The molecule has 0 aliphatic heterocycles. The number of imidazole rings is 1. The number of hydrogen-bond acceptors (Lipinski definition) is 4. The van der Waals surface area contributed by atoms with Crippen LogP contribution in [-0.4, -0.2) is 47.5 Å². The molecule has 1 heterocycles. The summed E-state index contributed by atoms with van der Waals surface area (Å²) >= 11 is 0. The molecule has 0 aliphatic rings. The van der Waals surface area contributed by atoms with E-state index in [1.807, 2.05) is 0 Å². The lowest BCUT2D eigenvalue weighted by molar-refractivity contribution is 0.251. The van der Waals surface area contributed by atoms with Crippen molar-refractivity contribution in [3.05, 3.63) is 12.0 Å². The van der Waals surface area contributed by atoms with Gasteiger partial charge in [-0.1, -0.05) is 26.2 Å². The topological polar surface area (TPSA) is 86.3 Å². The number of sulfonamides is 1. The van der Waals surface area contributed by atoms with Crippen molar-refractivity contribution in [3.63, 3.8) is 0 Å². The highest BCUT2D eigenvalue weighted by atomic mass is 32.2. The molecule has 110 valence electrons. The number of hydrogen-bond donors (Lipinski definition) is 2. The number of aromatic nitrogens is 2. The van der Waals surface area contributed by atoms with Crippen LogP contribution in [0.4, 0.5) is 0 Å². The third-order valence-corrected chi connectivity index (χ3v) is 4.72. The number of aliphatic hydroxyl groups excluding tert-OH is 1. The molecule has 0 amide bonds. The average molecular weight is 289 g/mol. The third kappa shape index (κ3) is 4.59. The average Bonchev–Trinajstić information content (AvgIpc) is 2.80. The summed E-state index contributed by atoms with van der Waals surface area (Å²) in [5.41, 5.74) is 0. The standard InChI is InChI=1S/C12H23N3O3S/c1-3-4-5-6-7-15(8-9-16)19(17,18)12-10-13-11(2)14-12/h10,16H,3-9H2,1-2H3,(H,13,14). The van der Waals surface area contributed by atoms with Gasteiger partial charge in [-0.3, -0.25) is 0 Å². The third-order valence-electron chi connectivity index (χ3n) is 2.91. The smallest absolute Gasteiger partial charge is 0.260 e. The number of aromatic amines is 1. The van der Waals surface area contributed by atoms with Crippen LogP contribution in [0.2, 0.25) is 0 Å². The van der Waals surface area contributed by atoms with Gasteiger partial charge < -0.3 is 10.1 Å². The van der Waals surface area contributed by atoms with E-state index in [-0.39, 0.29) is 18.2 Å². The highest BCUT2D eigenvalue weighted by Crippen LogP contribution is 2.14. The number of aliphatic hydroxyl groups is 1. The fourth-order valence-electron chi connectivity index (χ4n) is 1.85. The summed E-state index contributed by atoms with van der Waals surface area (Å²) in [6.45, 7) is 4.18. The van der Waals surface area contributed by atoms with Gasteiger partial charge in [-0.25, -0.2) is 13.4 Å². The maximum Gasteiger partial charge on any atom is 0.260 e. The Hall–Kier alpha value is -0.920. The van der Waals surface area contributed by atoms with Gasteiger partial charge in [0, 0.05) is 13.1 Å². The van der Waals surface area contributed by atoms with E-state index in [4.69, 9.17) is 5.11 Å². The molecule has 0 saturated heterocycles. The van der Waals surface area contributed by atoms with E-state index in [0.29, 0.717) is 12.4 Å². The summed E-state index contributed by atoms with van der Waals surface area (Å²) in [4.78, 5) is 6.65. The Morgan fingerprint density at radius 1 is 1.32 bits per heavy atom. The maximum absolute atomic E-state index is 12.3. The molecule has 0 saturated carbocycles. The minimum Gasteiger partial charge on any atom is -0.395 e. The summed E-state index contributed by atoms with van der Waals surface area (Å²) in [5.74, 6) is 0.563. The first kappa shape index (κ1) is 16.1. The molecule has 1 aromatic heterocycles. The summed E-state index contributed by atoms with van der Waals surface area (Å²) in [6, 6.07) is 0. The predicted octanol–water partition coefficient (Wildman–Crippen LogP) is 1.28. The van der Waals surface area contributed by atoms with E-state index in [1.165, 1.54) is 10.5 Å². The van der Waals surface area contributed by atoms with E-state index >= 15 is 0 Å². The highest BCUT2D eigenvalue weighted by Gasteiger charge is 2.25. The Balaban J connectivity index is 2.73. The van der Waals surface area contributed by atoms with Crippen molar-refractivity contribution >= 4 is 10.0 Å². The van der Waals surface area contributed by atoms with Gasteiger partial charge in [-0.2, -0.15) is 4.31 Å². The number of nitrogens with one attached hydrogen (secondary N) is 1. The summed E-state index contributed by atoms with van der Waals surface area (Å²) < 4.78 is 26.0. The summed E-state index contributed by atoms with van der Waals surface area (Å²) in [7, 11) is -3.57. The van der Waals surface area contributed by atoms with Crippen molar-refractivity contribution in [2.45, 2.75) is 44.6 Å². The van der Waals surface area contributed by atoms with Gasteiger partial charge in [0.1, 0.15) is 5.82 Å². The van der Waals surface area contributed by atoms with Gasteiger partial charge in [-0.05, 0) is 13.3 Å². The molecule has 6 nitrogen and oxygen atoms in total. The van der Waals surface area contributed by atoms with Crippen LogP contribution in [0.15, 0.2) is 11.2 Å². The number of aryl methyl sites for hydroxylation is 1. The zero-order chi connectivity index (χ0) is 14.3. The highest BCUT2D eigenvalue weighted by molar-refractivity contribution is 7.89. The summed E-state index contributed by atoms with van der Waals surface area (Å²) in [5, 5.41) is 9.11. The van der Waals surface area contributed by atoms with E-state index < -0.39 is 10.0 Å². The Morgan fingerprint density at radius 3 is 2.58 bits per heavy atom. The second-order valence-corrected chi connectivity index (χ2v) is 6.43. The van der Waals surface area contributed by atoms with Crippen molar-refractivity contribution in [2.24, 2.45) is 0 Å². The van der Waals surface area contributed by atoms with Gasteiger partial charge in [0.2, 0.25) is 0 Å². The van der Waals surface area contributed by atoms with Crippen LogP contribution in [0, 0.1) is 6.92 Å². The van der Waals surface area contributed by atoms with Crippen LogP contribution in [-0.2, 0) is 10.0 Å². The molecule has 7 heteroatoms. The molecule has 0 spiro atoms. The Labute approximate surface area is 114 Å². The van der Waals surface area contributed by atoms with Gasteiger partial charge in [-0.15, -0.1) is 0 Å². The van der Waals surface area contributed by atoms with Gasteiger partial charge in [0.05, 0.1) is 12.8 Å². The molecule has 0 fully saturated rings. The van der Waals surface area contributed by atoms with Crippen molar-refractivity contribution < 1.29 is 13.5 Å². The largest absolute Gasteiger partial charge is 0.395 e. The van der Waals surface area contributed by atoms with Gasteiger partial charge in [0.15, 0.2) is 5.03 Å². The molecule has 0 atom stereocenters. The molecular formula is C12H23N3O3S. The summed E-state index contributed by atoms with van der Waals surface area (Å²) in [6.07, 6.45) is 5.32. The SMILES string of the molecule is CCCCCCN(CCO)S(=O)(=O)c1cnc(C)[nH]1. The van der Waals surface area contributed by atoms with Crippen molar-refractivity contribution in [3.8, 4) is 0 Å². The number of unbranched alkanes of at least 4 members (excludes halogenated alkanes) is 3. The second-order valence-electron chi connectivity index (χ2n) is 4.52. The molecular weight excluding hydrogens is 266 g/mol. The van der Waals surface area contributed by atoms with Crippen LogP contribution in [0.25, 0.3) is 0 Å². The zero-order valence-corrected chi connectivity index (χ0v) is 12.4. The molecule has 0 radical (unpaired) electrons. The fourth-order valence-corrected chi connectivity index (χ4v) is 3.28. The monoisotopic (exact) mass is 289 g/mol. The van der Waals surface area contributed by atoms with Gasteiger partial charge in [0.25, 0.3) is 10.0 Å². The van der Waals surface area contributed by atoms with Crippen LogP contribution >= 0.6 is 0 Å². The minimum absolute atomic E-state index is 0.0916. The van der Waals surface area contributed by atoms with Crippen LogP contribution in [0.3, 0.4) is 0 Å². The first-order valence-electron chi connectivity index (χ1n) is 6.65. The lowest BCUT2D eigenvalue weighted by Gasteiger charge is -2.20. The van der Waals surface area contributed by atoms with Crippen LogP contribution < -0.4 is 0 Å². The Bertz CT molecular complexity index is 470. The van der Waals surface area contributed by atoms with Crippen molar-refractivity contribution in [1.82, 2.24) is 14.3 Å². The normalized spacial score (nSPS) is 12.2. The van der Waals surface area contributed by atoms with Crippen LogP contribution in [0.1, 0.15) is 38.4 Å². The number of nitrogens with zero attached hydrogens (tertiary/aromatic N) is 2. The molecule has 1 rings (SSSR count). The van der Waals surface area contributed by atoms with Crippen molar-refractivity contribution in [1.29, 1.82) is 0 Å². The quantitative estimate of drug-likeness (QED) is 0.671. The van der Waals surface area contributed by atoms with Crippen molar-refractivity contribution in [2.75, 3.05) is 19.7 Å². The fraction of sp³-hybridized carbons (Fsp3) is 0.750. The molecule has 19 heavy (non-hydrogen) atoms. The van der Waals surface area contributed by atoms with E-state index in [1.54, 1.807) is 6.92 Å². The molecule has 1 aromatic rings. The number of rotatable bonds is 9. The lowest BCUT2D eigenvalue weighted by Crippen LogP contribution is -2.34. The zero-order valence-electron chi connectivity index (χ0n) is 11.6. The van der Waals surface area contributed by atoms with E-state index in [9.17, 15) is 8.42 Å². The van der Waals surface area contributed by atoms with E-state index in [2.05, 4.69) is 16.9 Å². The molecule has 0 unspecified atom stereocenters. The first-order valence-corrected chi connectivity index (χ1v) is 8.09. The molecule has 0 aliphatic carbocycles. The lowest BCUT2D eigenvalue weighted by atomic mass is 10.2. The number of H-pyrrole nitrogens is 1. The second kappa shape index (κ2) is 7.62.